The second kappa shape index (κ2) is 7.20. The number of benzene rings is 1. The van der Waals surface area contributed by atoms with Gasteiger partial charge >= 0.3 is 0 Å². The van der Waals surface area contributed by atoms with Crippen molar-refractivity contribution in [3.63, 3.8) is 0 Å². The predicted octanol–water partition coefficient (Wildman–Crippen LogP) is 1.87. The zero-order valence-electron chi connectivity index (χ0n) is 13.1. The van der Waals surface area contributed by atoms with E-state index in [2.05, 4.69) is 36.8 Å². The van der Waals surface area contributed by atoms with E-state index in [1.807, 2.05) is 18.2 Å². The third-order valence-electron chi connectivity index (χ3n) is 3.96. The maximum Gasteiger partial charge on any atom is 0.106 e. The van der Waals surface area contributed by atoms with Crippen molar-refractivity contribution in [2.45, 2.75) is 26.0 Å². The van der Waals surface area contributed by atoms with E-state index < -0.39 is 0 Å². The fourth-order valence-corrected chi connectivity index (χ4v) is 2.91. The molecule has 1 atom stereocenters. The number of thiocarbonyl (C=S) groups is 1. The van der Waals surface area contributed by atoms with E-state index in [9.17, 15) is 0 Å². The van der Waals surface area contributed by atoms with Crippen LogP contribution in [0.3, 0.4) is 0 Å². The highest BCUT2D eigenvalue weighted by Crippen LogP contribution is 2.20. The minimum atomic E-state index is 0.213. The summed E-state index contributed by atoms with van der Waals surface area (Å²) < 4.78 is 5.90. The molecule has 4 nitrogen and oxygen atoms in total. The molecule has 1 unspecified atom stereocenters. The van der Waals surface area contributed by atoms with Gasteiger partial charge in [0.2, 0.25) is 0 Å². The highest BCUT2D eigenvalue weighted by molar-refractivity contribution is 7.80. The second-order valence-corrected chi connectivity index (χ2v) is 6.28. The first-order valence-electron chi connectivity index (χ1n) is 7.44. The Bertz CT molecular complexity index is 492. The lowest BCUT2D eigenvalue weighted by Crippen LogP contribution is -2.49. The molecule has 0 saturated carbocycles. The van der Waals surface area contributed by atoms with E-state index >= 15 is 0 Å². The summed E-state index contributed by atoms with van der Waals surface area (Å²) in [6, 6.07) is 8.55. The standard InChI is InChI=1S/C16H25N3OS/c1-12(2)19-8-9-20-13(11-19)10-18(3)15-7-5-4-6-14(15)16(17)21/h4-7,12-13H,8-11H2,1-3H3,(H2,17,21). The predicted molar refractivity (Wildman–Crippen MR) is 92.0 cm³/mol. The SMILES string of the molecule is CC(C)N1CCOC(CN(C)c2ccccc2C(N)=S)C1. The zero-order chi connectivity index (χ0) is 15.4. The number of nitrogens with two attached hydrogens (primary N) is 1. The van der Waals surface area contributed by atoms with Crippen LogP contribution in [0.4, 0.5) is 5.69 Å². The number of likely N-dealkylation sites (N-methyl/N-ethyl adjacent to an activating group) is 1. The van der Waals surface area contributed by atoms with Crippen molar-refractivity contribution in [1.29, 1.82) is 0 Å². The average molecular weight is 307 g/mol. The number of rotatable bonds is 5. The largest absolute Gasteiger partial charge is 0.389 e. The van der Waals surface area contributed by atoms with Crippen molar-refractivity contribution >= 4 is 22.9 Å². The van der Waals surface area contributed by atoms with E-state index in [1.165, 1.54) is 0 Å². The first-order valence-corrected chi connectivity index (χ1v) is 7.85. The highest BCUT2D eigenvalue weighted by atomic mass is 32.1. The third kappa shape index (κ3) is 4.15. The average Bonchev–Trinajstić information content (AvgIpc) is 2.47. The lowest BCUT2D eigenvalue weighted by Gasteiger charge is -2.37. The summed E-state index contributed by atoms with van der Waals surface area (Å²) in [5.74, 6) is 0. The number of nitrogens with zero attached hydrogens (tertiary/aromatic N) is 2. The first kappa shape index (κ1) is 16.2. The molecule has 0 amide bonds. The Morgan fingerprint density at radius 2 is 2.19 bits per heavy atom. The molecule has 0 spiro atoms. The van der Waals surface area contributed by atoms with Gasteiger partial charge in [0.25, 0.3) is 0 Å². The van der Waals surface area contributed by atoms with Crippen LogP contribution in [-0.4, -0.2) is 55.3 Å². The molecule has 2 rings (SSSR count). The van der Waals surface area contributed by atoms with Crippen molar-refractivity contribution in [3.8, 4) is 0 Å². The van der Waals surface area contributed by atoms with Crippen LogP contribution in [0.5, 0.6) is 0 Å². The molecule has 1 aromatic carbocycles. The van der Waals surface area contributed by atoms with Gasteiger partial charge in [-0.05, 0) is 26.0 Å². The number of ether oxygens (including phenoxy) is 1. The summed E-state index contributed by atoms with van der Waals surface area (Å²) in [6.07, 6.45) is 0.213. The summed E-state index contributed by atoms with van der Waals surface area (Å²) in [5, 5.41) is 0. The van der Waals surface area contributed by atoms with Crippen molar-refractivity contribution < 1.29 is 4.74 Å². The van der Waals surface area contributed by atoms with Crippen molar-refractivity contribution in [2.24, 2.45) is 5.73 Å². The number of hydrogen-bond acceptors (Lipinski definition) is 4. The molecule has 2 N–H and O–H groups in total. The monoisotopic (exact) mass is 307 g/mol. The van der Waals surface area contributed by atoms with E-state index in [4.69, 9.17) is 22.7 Å². The topological polar surface area (TPSA) is 41.7 Å². The molecule has 1 heterocycles. The molecule has 5 heteroatoms. The molecule has 1 fully saturated rings. The van der Waals surface area contributed by atoms with Crippen molar-refractivity contribution in [2.75, 3.05) is 38.2 Å². The molecule has 116 valence electrons. The van der Waals surface area contributed by atoms with Gasteiger partial charge in [0, 0.05) is 44.0 Å². The molecule has 1 aliphatic heterocycles. The van der Waals surface area contributed by atoms with Gasteiger partial charge in [-0.2, -0.15) is 0 Å². The molecular weight excluding hydrogens is 282 g/mol. The molecule has 0 aromatic heterocycles. The molecule has 0 bridgehead atoms. The number of anilines is 1. The Balaban J connectivity index is 2.04. The van der Waals surface area contributed by atoms with E-state index in [-0.39, 0.29) is 6.10 Å². The Morgan fingerprint density at radius 1 is 1.48 bits per heavy atom. The fourth-order valence-electron chi connectivity index (χ4n) is 2.74. The fraction of sp³-hybridized carbons (Fsp3) is 0.562. The van der Waals surface area contributed by atoms with Crippen LogP contribution in [0, 0.1) is 0 Å². The molecule has 1 saturated heterocycles. The maximum absolute atomic E-state index is 5.90. The van der Waals surface area contributed by atoms with Crippen LogP contribution < -0.4 is 10.6 Å². The zero-order valence-corrected chi connectivity index (χ0v) is 13.9. The van der Waals surface area contributed by atoms with Crippen molar-refractivity contribution in [1.82, 2.24) is 4.90 Å². The number of morpholine rings is 1. The minimum absolute atomic E-state index is 0.213. The summed E-state index contributed by atoms with van der Waals surface area (Å²) >= 11 is 5.14. The molecule has 1 aromatic rings. The van der Waals surface area contributed by atoms with E-state index in [0.29, 0.717) is 11.0 Å². The Labute approximate surface area is 132 Å². The lowest BCUT2D eigenvalue weighted by atomic mass is 10.1. The van der Waals surface area contributed by atoms with Crippen LogP contribution in [0.15, 0.2) is 24.3 Å². The van der Waals surface area contributed by atoms with Gasteiger partial charge in [0.1, 0.15) is 4.99 Å². The summed E-state index contributed by atoms with van der Waals surface area (Å²) in [5.41, 5.74) is 7.80. The van der Waals surface area contributed by atoms with Crippen LogP contribution in [0.1, 0.15) is 19.4 Å². The van der Waals surface area contributed by atoms with E-state index in [1.54, 1.807) is 0 Å². The normalized spacial score (nSPS) is 19.7. The molecule has 21 heavy (non-hydrogen) atoms. The van der Waals surface area contributed by atoms with Gasteiger partial charge in [-0.1, -0.05) is 24.4 Å². The van der Waals surface area contributed by atoms with Gasteiger partial charge in [-0.3, -0.25) is 4.90 Å². The van der Waals surface area contributed by atoms with Gasteiger partial charge in [0.05, 0.1) is 12.7 Å². The summed E-state index contributed by atoms with van der Waals surface area (Å²) in [6.45, 7) is 8.08. The number of para-hydroxylation sites is 1. The smallest absolute Gasteiger partial charge is 0.106 e. The van der Waals surface area contributed by atoms with Crippen LogP contribution in [0.25, 0.3) is 0 Å². The van der Waals surface area contributed by atoms with Crippen LogP contribution in [0.2, 0.25) is 0 Å². The quantitative estimate of drug-likeness (QED) is 0.841. The molecule has 1 aliphatic rings. The third-order valence-corrected chi connectivity index (χ3v) is 4.18. The second-order valence-electron chi connectivity index (χ2n) is 5.84. The maximum atomic E-state index is 5.90. The molecule has 0 radical (unpaired) electrons. The minimum Gasteiger partial charge on any atom is -0.389 e. The summed E-state index contributed by atoms with van der Waals surface area (Å²) in [4.78, 5) is 5.08. The van der Waals surface area contributed by atoms with Gasteiger partial charge in [0.15, 0.2) is 0 Å². The van der Waals surface area contributed by atoms with Gasteiger partial charge < -0.3 is 15.4 Å². The van der Waals surface area contributed by atoms with Crippen molar-refractivity contribution in [3.05, 3.63) is 29.8 Å². The molecule has 0 aliphatic carbocycles. The van der Waals surface area contributed by atoms with Gasteiger partial charge in [-0.25, -0.2) is 0 Å². The highest BCUT2D eigenvalue weighted by Gasteiger charge is 2.24. The lowest BCUT2D eigenvalue weighted by molar-refractivity contribution is -0.0338. The molecular formula is C16H25N3OS. The summed E-state index contributed by atoms with van der Waals surface area (Å²) in [7, 11) is 2.06. The van der Waals surface area contributed by atoms with Crippen LogP contribution >= 0.6 is 12.2 Å². The van der Waals surface area contributed by atoms with Gasteiger partial charge in [-0.15, -0.1) is 0 Å². The Hall–Kier alpha value is -1.17. The Morgan fingerprint density at radius 3 is 2.86 bits per heavy atom. The van der Waals surface area contributed by atoms with E-state index in [0.717, 1.165) is 37.5 Å². The Kier molecular flexibility index (Phi) is 5.56. The van der Waals surface area contributed by atoms with Crippen LogP contribution in [-0.2, 0) is 4.74 Å². The first-order chi connectivity index (χ1) is 9.99. The number of hydrogen-bond donors (Lipinski definition) is 1.